The van der Waals surface area contributed by atoms with Crippen LogP contribution in [0.4, 0.5) is 10.8 Å². The van der Waals surface area contributed by atoms with Crippen molar-refractivity contribution < 1.29 is 4.79 Å². The predicted molar refractivity (Wildman–Crippen MR) is 104 cm³/mol. The molecule has 6 nitrogen and oxygen atoms in total. The molecule has 2 heterocycles. The van der Waals surface area contributed by atoms with Gasteiger partial charge in [0.2, 0.25) is 11.0 Å². The predicted octanol–water partition coefficient (Wildman–Crippen LogP) is 3.28. The summed E-state index contributed by atoms with van der Waals surface area (Å²) >= 11 is 6.93. The van der Waals surface area contributed by atoms with Crippen molar-refractivity contribution in [3.05, 3.63) is 33.8 Å². The van der Waals surface area contributed by atoms with E-state index >= 15 is 0 Å². The first-order chi connectivity index (χ1) is 12.0. The number of nitrogens with one attached hydrogen (secondary N) is 2. The van der Waals surface area contributed by atoms with Gasteiger partial charge >= 0.3 is 0 Å². The van der Waals surface area contributed by atoms with E-state index in [9.17, 15) is 4.79 Å². The minimum Gasteiger partial charge on any atom is -0.352 e. The van der Waals surface area contributed by atoms with Gasteiger partial charge in [-0.1, -0.05) is 29.0 Å². The second-order valence-corrected chi connectivity index (χ2v) is 8.04. The summed E-state index contributed by atoms with van der Waals surface area (Å²) < 4.78 is 2.60. The highest BCUT2D eigenvalue weighted by molar-refractivity contribution is 7.73. The summed E-state index contributed by atoms with van der Waals surface area (Å²) in [5.41, 5.74) is 2.23. The van der Waals surface area contributed by atoms with E-state index in [1.165, 1.54) is 16.9 Å². The zero-order chi connectivity index (χ0) is 17.8. The molecular formula is C17H23N5OS2. The molecule has 1 aliphatic heterocycles. The van der Waals surface area contributed by atoms with Crippen molar-refractivity contribution in [1.29, 1.82) is 0 Å². The summed E-state index contributed by atoms with van der Waals surface area (Å²) in [5.74, 6) is 0.0294. The highest BCUT2D eigenvalue weighted by Gasteiger charge is 2.21. The van der Waals surface area contributed by atoms with E-state index in [-0.39, 0.29) is 11.9 Å². The van der Waals surface area contributed by atoms with Crippen molar-refractivity contribution in [2.24, 2.45) is 0 Å². The zero-order valence-corrected chi connectivity index (χ0v) is 16.1. The van der Waals surface area contributed by atoms with Crippen LogP contribution in [-0.2, 0) is 11.5 Å². The number of nitrogens with zero attached hydrogens (tertiary/aromatic N) is 3. The van der Waals surface area contributed by atoms with Gasteiger partial charge in [0.15, 0.2) is 3.95 Å². The van der Waals surface area contributed by atoms with Gasteiger partial charge in [-0.3, -0.25) is 9.69 Å². The molecule has 8 heteroatoms. The number of carbonyl (C=O) groups is 1. The lowest BCUT2D eigenvalue weighted by atomic mass is 10.1. The summed E-state index contributed by atoms with van der Waals surface area (Å²) in [6, 6.07) is 8.41. The van der Waals surface area contributed by atoms with Gasteiger partial charge in [-0.05, 0) is 44.1 Å². The number of benzene rings is 1. The van der Waals surface area contributed by atoms with Crippen LogP contribution >= 0.6 is 23.6 Å². The molecule has 1 unspecified atom stereocenters. The van der Waals surface area contributed by atoms with E-state index in [2.05, 4.69) is 39.7 Å². The summed E-state index contributed by atoms with van der Waals surface area (Å²) in [6.07, 6.45) is 2.09. The first-order valence-electron chi connectivity index (χ1n) is 8.41. The Morgan fingerprint density at radius 3 is 2.88 bits per heavy atom. The molecule has 1 aliphatic rings. The molecular weight excluding hydrogens is 354 g/mol. The van der Waals surface area contributed by atoms with Crippen molar-refractivity contribution in [3.8, 4) is 0 Å². The quantitative estimate of drug-likeness (QED) is 0.783. The van der Waals surface area contributed by atoms with Gasteiger partial charge in [-0.15, -0.1) is 5.10 Å². The lowest BCUT2D eigenvalue weighted by Crippen LogP contribution is -2.47. The molecule has 1 atom stereocenters. The van der Waals surface area contributed by atoms with Crippen molar-refractivity contribution in [2.75, 3.05) is 18.4 Å². The van der Waals surface area contributed by atoms with Crippen LogP contribution in [-0.4, -0.2) is 39.7 Å². The van der Waals surface area contributed by atoms with Gasteiger partial charge in [0, 0.05) is 31.7 Å². The zero-order valence-electron chi connectivity index (χ0n) is 14.5. The Kier molecular flexibility index (Phi) is 5.82. The Balaban J connectivity index is 1.63. The Labute approximate surface area is 156 Å². The lowest BCUT2D eigenvalue weighted by Gasteiger charge is -2.32. The number of likely N-dealkylation sites (tertiary alicyclic amines) is 1. The van der Waals surface area contributed by atoms with Gasteiger partial charge in [0.25, 0.3) is 0 Å². The standard InChI is InChI=1S/C17H23N5OS2/c1-12-5-7-14(8-6-12)19-16-20-22(17(24)25-16)11-21-9-3-4-15(10-21)18-13(2)23/h5-8,15H,3-4,9-11H2,1-2H3,(H,18,23)(H,19,20). The number of piperidine rings is 1. The molecule has 2 N–H and O–H groups in total. The van der Waals surface area contributed by atoms with Crippen LogP contribution in [0, 0.1) is 10.9 Å². The smallest absolute Gasteiger partial charge is 0.217 e. The fourth-order valence-electron chi connectivity index (χ4n) is 2.99. The maximum Gasteiger partial charge on any atom is 0.217 e. The average molecular weight is 378 g/mol. The van der Waals surface area contributed by atoms with Gasteiger partial charge in [-0.25, -0.2) is 4.68 Å². The van der Waals surface area contributed by atoms with Crippen LogP contribution in [0.3, 0.4) is 0 Å². The van der Waals surface area contributed by atoms with E-state index in [0.717, 1.165) is 40.7 Å². The Bertz CT molecular complexity index is 783. The maximum absolute atomic E-state index is 11.3. The molecule has 0 bridgehead atoms. The Hall–Kier alpha value is -1.77. The number of hydrogen-bond donors (Lipinski definition) is 2. The number of amides is 1. The van der Waals surface area contributed by atoms with E-state index in [0.29, 0.717) is 6.67 Å². The lowest BCUT2D eigenvalue weighted by molar-refractivity contribution is -0.120. The van der Waals surface area contributed by atoms with Gasteiger partial charge in [0.05, 0.1) is 6.67 Å². The fraction of sp³-hybridized carbons (Fsp3) is 0.471. The highest BCUT2D eigenvalue weighted by Crippen LogP contribution is 2.21. The second-order valence-electron chi connectivity index (χ2n) is 6.42. The normalized spacial score (nSPS) is 18.1. The molecule has 0 spiro atoms. The second kappa shape index (κ2) is 8.07. The Morgan fingerprint density at radius 1 is 1.40 bits per heavy atom. The summed E-state index contributed by atoms with van der Waals surface area (Å²) in [7, 11) is 0. The molecule has 0 radical (unpaired) electrons. The fourth-order valence-corrected chi connectivity index (χ4v) is 4.00. The molecule has 3 rings (SSSR count). The third-order valence-electron chi connectivity index (χ3n) is 4.16. The molecule has 0 saturated carbocycles. The maximum atomic E-state index is 11.3. The Morgan fingerprint density at radius 2 is 2.16 bits per heavy atom. The van der Waals surface area contributed by atoms with Crippen molar-refractivity contribution in [1.82, 2.24) is 20.0 Å². The molecule has 2 aromatic rings. The van der Waals surface area contributed by atoms with Gasteiger partial charge in [0.1, 0.15) is 0 Å². The SMILES string of the molecule is CC(=O)NC1CCCN(Cn2nc(Nc3ccc(C)cc3)sc2=S)C1. The summed E-state index contributed by atoms with van der Waals surface area (Å²) in [4.78, 5) is 13.5. The molecule has 1 aromatic heterocycles. The number of aryl methyl sites for hydroxylation is 1. The minimum atomic E-state index is 0.0294. The number of rotatable bonds is 5. The number of carbonyl (C=O) groups excluding carboxylic acids is 1. The van der Waals surface area contributed by atoms with E-state index in [4.69, 9.17) is 12.2 Å². The van der Waals surface area contributed by atoms with Crippen molar-refractivity contribution >= 4 is 40.3 Å². The van der Waals surface area contributed by atoms with Crippen molar-refractivity contribution in [3.63, 3.8) is 0 Å². The van der Waals surface area contributed by atoms with E-state index < -0.39 is 0 Å². The largest absolute Gasteiger partial charge is 0.352 e. The average Bonchev–Trinajstić information content (AvgIpc) is 2.89. The molecule has 1 saturated heterocycles. The minimum absolute atomic E-state index is 0.0294. The van der Waals surface area contributed by atoms with Crippen LogP contribution in [0.15, 0.2) is 24.3 Å². The molecule has 134 valence electrons. The first kappa shape index (κ1) is 18.0. The number of aromatic nitrogens is 2. The summed E-state index contributed by atoms with van der Waals surface area (Å²) in [6.45, 7) is 6.12. The monoisotopic (exact) mass is 377 g/mol. The van der Waals surface area contributed by atoms with Crippen LogP contribution in [0.2, 0.25) is 0 Å². The number of anilines is 2. The first-order valence-corrected chi connectivity index (χ1v) is 9.63. The number of hydrogen-bond acceptors (Lipinski definition) is 6. The molecule has 25 heavy (non-hydrogen) atoms. The molecule has 1 aromatic carbocycles. The van der Waals surface area contributed by atoms with Crippen LogP contribution in [0.25, 0.3) is 0 Å². The molecule has 1 fully saturated rings. The van der Waals surface area contributed by atoms with Crippen LogP contribution in [0.5, 0.6) is 0 Å². The topological polar surface area (TPSA) is 62.2 Å². The van der Waals surface area contributed by atoms with Crippen molar-refractivity contribution in [2.45, 2.75) is 39.4 Å². The molecule has 0 aliphatic carbocycles. The van der Waals surface area contributed by atoms with Gasteiger partial charge in [-0.2, -0.15) is 0 Å². The summed E-state index contributed by atoms with van der Waals surface area (Å²) in [5, 5.41) is 11.7. The third-order valence-corrected chi connectivity index (χ3v) is 5.38. The highest BCUT2D eigenvalue weighted by atomic mass is 32.1. The molecule has 1 amide bonds. The van der Waals surface area contributed by atoms with Crippen LogP contribution < -0.4 is 10.6 Å². The third kappa shape index (κ3) is 5.10. The van der Waals surface area contributed by atoms with E-state index in [1.54, 1.807) is 6.92 Å². The van der Waals surface area contributed by atoms with E-state index in [1.807, 2.05) is 16.8 Å². The van der Waals surface area contributed by atoms with Gasteiger partial charge < -0.3 is 10.6 Å². The van der Waals surface area contributed by atoms with Crippen LogP contribution in [0.1, 0.15) is 25.3 Å².